The SMILES string of the molecule is O=[PH](OC(F)(F)C(F)(F)C(F)(F)C(F)(F)C(F)(F)C(F)(F)C(F)(F)C(F)(F)F)OC(F)(F)C(F)(F)C(F)(F)C(F)(F)C(F)(F)C(F)(F)C(F)(F)C(F)(F)F. The second-order valence-electron chi connectivity index (χ2n) is 9.38. The van der Waals surface area contributed by atoms with Gasteiger partial charge in [-0.15, -0.1) is 0 Å². The Hall–Kier alpha value is -2.23. The molecule has 0 radical (unpaired) electrons. The van der Waals surface area contributed by atoms with Gasteiger partial charge in [-0.3, -0.25) is 4.57 Å². The van der Waals surface area contributed by atoms with Gasteiger partial charge < -0.3 is 0 Å². The number of hydrogen-bond donors (Lipinski definition) is 0. The summed E-state index contributed by atoms with van der Waals surface area (Å²) in [5.74, 6) is -111. The lowest BCUT2D eigenvalue weighted by molar-refractivity contribution is -0.475. The van der Waals surface area contributed by atoms with E-state index in [2.05, 4.69) is 0 Å². The van der Waals surface area contributed by atoms with Gasteiger partial charge in [-0.2, -0.15) is 149 Å². The lowest BCUT2D eigenvalue weighted by Crippen LogP contribution is -2.74. The van der Waals surface area contributed by atoms with Gasteiger partial charge in [0.25, 0.3) is 0 Å². The van der Waals surface area contributed by atoms with Gasteiger partial charge in [0.15, 0.2) is 0 Å². The fourth-order valence-corrected chi connectivity index (χ4v) is 3.37. The maximum atomic E-state index is 13.6. The Balaban J connectivity index is 6.98. The molecule has 0 aromatic heterocycles. The molecule has 0 saturated carbocycles. The molecule has 326 valence electrons. The van der Waals surface area contributed by atoms with E-state index in [9.17, 15) is 154 Å². The van der Waals surface area contributed by atoms with E-state index in [-0.39, 0.29) is 0 Å². The first-order valence-corrected chi connectivity index (χ1v) is 12.2. The standard InChI is InChI=1S/C16HF34O3P/c17-1(18,5(25,26)9(33,34)13(41,42)43)3(21,22)7(29,30)11(37,38)15(47,48)52-54(51)53-16(49,50)12(39,40)8(31,32)4(23,24)2(19,20)6(27,28)10(35,36)14(44,45)46/h54H. The summed E-state index contributed by atoms with van der Waals surface area (Å²) in [6.45, 7) is 0. The van der Waals surface area contributed by atoms with Crippen LogP contribution in [-0.2, 0) is 13.6 Å². The minimum atomic E-state index is -9.49. The van der Waals surface area contributed by atoms with Crippen molar-refractivity contribution in [3.05, 3.63) is 0 Å². The Morgan fingerprint density at radius 1 is 0.222 bits per heavy atom. The monoisotopic (exact) mass is 918 g/mol. The van der Waals surface area contributed by atoms with E-state index in [1.807, 2.05) is 0 Å². The Kier molecular flexibility index (Phi) is 12.4. The van der Waals surface area contributed by atoms with E-state index < -0.39 is 104 Å². The fraction of sp³-hybridized carbons (Fsp3) is 1.00. The zero-order valence-corrected chi connectivity index (χ0v) is 23.6. The van der Waals surface area contributed by atoms with Crippen LogP contribution in [-0.4, -0.2) is 95.6 Å². The summed E-state index contributed by atoms with van der Waals surface area (Å²) in [6, 6.07) is 0. The van der Waals surface area contributed by atoms with Gasteiger partial charge in [0.05, 0.1) is 0 Å². The molecule has 3 nitrogen and oxygen atoms in total. The van der Waals surface area contributed by atoms with Crippen molar-refractivity contribution in [3.8, 4) is 0 Å². The molecule has 0 bridgehead atoms. The van der Waals surface area contributed by atoms with E-state index in [0.717, 1.165) is 0 Å². The van der Waals surface area contributed by atoms with Gasteiger partial charge in [0, 0.05) is 0 Å². The van der Waals surface area contributed by atoms with Crippen molar-refractivity contribution < 1.29 is 163 Å². The maximum absolute atomic E-state index is 13.6. The highest BCUT2D eigenvalue weighted by Crippen LogP contribution is 2.67. The van der Waals surface area contributed by atoms with Crippen molar-refractivity contribution in [1.29, 1.82) is 0 Å². The first-order valence-electron chi connectivity index (χ1n) is 10.9. The summed E-state index contributed by atoms with van der Waals surface area (Å²) in [7, 11) is -7.76. The summed E-state index contributed by atoms with van der Waals surface area (Å²) >= 11 is 0. The summed E-state index contributed by atoms with van der Waals surface area (Å²) in [6.07, 6.45) is -33.8. The molecule has 0 spiro atoms. The van der Waals surface area contributed by atoms with Crippen LogP contribution in [0.3, 0.4) is 0 Å². The summed E-state index contributed by atoms with van der Waals surface area (Å²) < 4.78 is 459. The third-order valence-electron chi connectivity index (χ3n) is 5.81. The molecular weight excluding hydrogens is 917 g/mol. The van der Waals surface area contributed by atoms with E-state index in [1.54, 1.807) is 0 Å². The first-order chi connectivity index (χ1) is 22.6. The van der Waals surface area contributed by atoms with Crippen LogP contribution in [0, 0.1) is 0 Å². The Labute approximate surface area is 268 Å². The van der Waals surface area contributed by atoms with Crippen molar-refractivity contribution in [2.45, 2.75) is 95.6 Å². The van der Waals surface area contributed by atoms with Crippen molar-refractivity contribution in [2.24, 2.45) is 0 Å². The van der Waals surface area contributed by atoms with Crippen molar-refractivity contribution in [3.63, 3.8) is 0 Å². The molecule has 0 amide bonds. The Bertz CT molecular complexity index is 1280. The second-order valence-corrected chi connectivity index (χ2v) is 10.3. The largest absolute Gasteiger partial charge is 0.460 e. The second kappa shape index (κ2) is 12.9. The van der Waals surface area contributed by atoms with Crippen LogP contribution in [0.2, 0.25) is 0 Å². The molecule has 54 heavy (non-hydrogen) atoms. The third-order valence-corrected chi connectivity index (χ3v) is 6.66. The van der Waals surface area contributed by atoms with E-state index in [4.69, 9.17) is 0 Å². The number of hydrogen-bond acceptors (Lipinski definition) is 3. The Morgan fingerprint density at radius 3 is 0.500 bits per heavy atom. The van der Waals surface area contributed by atoms with Crippen molar-refractivity contribution >= 4 is 8.25 Å². The van der Waals surface area contributed by atoms with Crippen molar-refractivity contribution in [1.82, 2.24) is 0 Å². The zero-order chi connectivity index (χ0) is 45.0. The van der Waals surface area contributed by atoms with E-state index in [0.29, 0.717) is 0 Å². The van der Waals surface area contributed by atoms with Gasteiger partial charge in [-0.05, 0) is 0 Å². The molecule has 0 heterocycles. The summed E-state index contributed by atoms with van der Waals surface area (Å²) in [5.41, 5.74) is 0. The molecule has 0 aliphatic heterocycles. The van der Waals surface area contributed by atoms with Gasteiger partial charge >= 0.3 is 104 Å². The molecule has 0 fully saturated rings. The predicted molar refractivity (Wildman–Crippen MR) is 92.5 cm³/mol. The average Bonchev–Trinajstić information content (AvgIpc) is 2.89. The first kappa shape index (κ1) is 51.8. The molecule has 0 aliphatic carbocycles. The highest BCUT2D eigenvalue weighted by Gasteiger charge is 2.97. The van der Waals surface area contributed by atoms with Crippen LogP contribution in [0.1, 0.15) is 0 Å². The Morgan fingerprint density at radius 2 is 0.352 bits per heavy atom. The van der Waals surface area contributed by atoms with Gasteiger partial charge in [-0.25, -0.2) is 9.05 Å². The van der Waals surface area contributed by atoms with E-state index >= 15 is 0 Å². The molecule has 0 rings (SSSR count). The quantitative estimate of drug-likeness (QED) is 0.114. The summed E-state index contributed by atoms with van der Waals surface area (Å²) in [4.78, 5) is 0. The molecule has 0 N–H and O–H groups in total. The highest BCUT2D eigenvalue weighted by atomic mass is 31.1. The van der Waals surface area contributed by atoms with E-state index in [1.165, 1.54) is 9.05 Å². The van der Waals surface area contributed by atoms with Crippen LogP contribution in [0.4, 0.5) is 149 Å². The van der Waals surface area contributed by atoms with Gasteiger partial charge in [0.1, 0.15) is 0 Å². The molecule has 0 aliphatic rings. The molecule has 0 aromatic carbocycles. The lowest BCUT2D eigenvalue weighted by Gasteiger charge is -2.42. The fourth-order valence-electron chi connectivity index (χ4n) is 2.66. The minimum Gasteiger partial charge on any atom is -0.263 e. The van der Waals surface area contributed by atoms with Crippen LogP contribution in [0.25, 0.3) is 0 Å². The third kappa shape index (κ3) is 6.62. The van der Waals surface area contributed by atoms with Crippen LogP contribution in [0.15, 0.2) is 0 Å². The summed E-state index contributed by atoms with van der Waals surface area (Å²) in [5, 5.41) is 0. The zero-order valence-electron chi connectivity index (χ0n) is 22.6. The molecule has 38 heteroatoms. The highest BCUT2D eigenvalue weighted by molar-refractivity contribution is 7.33. The average molecular weight is 918 g/mol. The number of halogens is 34. The maximum Gasteiger partial charge on any atom is 0.460 e. The predicted octanol–water partition coefficient (Wildman–Crippen LogP) is 11.3. The minimum absolute atomic E-state index is 1.37. The van der Waals surface area contributed by atoms with Crippen molar-refractivity contribution in [2.75, 3.05) is 0 Å². The van der Waals surface area contributed by atoms with Crippen LogP contribution < -0.4 is 0 Å². The van der Waals surface area contributed by atoms with Gasteiger partial charge in [0.2, 0.25) is 0 Å². The van der Waals surface area contributed by atoms with Crippen LogP contribution in [0.5, 0.6) is 0 Å². The smallest absolute Gasteiger partial charge is 0.263 e. The molecule has 0 unspecified atom stereocenters. The van der Waals surface area contributed by atoms with Gasteiger partial charge in [-0.1, -0.05) is 0 Å². The molecule has 0 saturated heterocycles. The number of alkyl halides is 34. The number of rotatable bonds is 16. The molecule has 0 aromatic rings. The molecular formula is C16HF34O3P. The topological polar surface area (TPSA) is 35.5 Å². The molecule has 0 atom stereocenters. The lowest BCUT2D eigenvalue weighted by atomic mass is 9.91. The normalized spacial score (nSPS) is 17.1. The van der Waals surface area contributed by atoms with Crippen LogP contribution >= 0.6 is 8.25 Å².